The van der Waals surface area contributed by atoms with Gasteiger partial charge in [-0.05, 0) is 60.7 Å². The Kier molecular flexibility index (Phi) is 7.21. The zero-order valence-electron chi connectivity index (χ0n) is 20.7. The molecule has 0 amide bonds. The van der Waals surface area contributed by atoms with Crippen molar-refractivity contribution in [3.05, 3.63) is 65.7 Å². The van der Waals surface area contributed by atoms with Gasteiger partial charge in [0, 0.05) is 33.0 Å². The molecule has 0 aliphatic carbocycles. The van der Waals surface area contributed by atoms with Crippen molar-refractivity contribution in [1.29, 1.82) is 0 Å². The zero-order valence-corrected chi connectivity index (χ0v) is 25.6. The molecule has 3 aromatic heterocycles. The molecule has 0 spiro atoms. The van der Waals surface area contributed by atoms with Crippen LogP contribution < -0.4 is 0 Å². The first kappa shape index (κ1) is 25.4. The summed E-state index contributed by atoms with van der Waals surface area (Å²) in [5.41, 5.74) is 5.37. The van der Waals surface area contributed by atoms with Crippen LogP contribution in [0.5, 0.6) is 0 Å². The molecule has 2 aliphatic heterocycles. The highest BCUT2D eigenvalue weighted by molar-refractivity contribution is 8.42. The Hall–Kier alpha value is -1.56. The minimum absolute atomic E-state index is 0.874. The molecule has 2 aliphatic rings. The van der Waals surface area contributed by atoms with Crippen molar-refractivity contribution in [3.8, 4) is 0 Å². The van der Waals surface area contributed by atoms with Crippen molar-refractivity contribution in [3.63, 3.8) is 0 Å². The molecule has 4 nitrogen and oxygen atoms in total. The second-order valence-corrected chi connectivity index (χ2v) is 16.2. The third-order valence-corrected chi connectivity index (χ3v) is 15.0. The van der Waals surface area contributed by atoms with E-state index in [4.69, 9.17) is 9.97 Å². The number of pyridine rings is 2. The highest BCUT2D eigenvalue weighted by atomic mass is 32.3. The van der Waals surface area contributed by atoms with E-state index in [0.29, 0.717) is 0 Å². The number of aromatic nitrogens is 4. The molecule has 0 atom stereocenters. The molecule has 5 heterocycles. The van der Waals surface area contributed by atoms with Crippen molar-refractivity contribution >= 4 is 114 Å². The van der Waals surface area contributed by atoms with Crippen LogP contribution >= 0.6 is 70.6 Å². The van der Waals surface area contributed by atoms with Crippen LogP contribution in [0.2, 0.25) is 0 Å². The zero-order chi connectivity index (χ0) is 25.6. The number of benzene rings is 2. The number of rotatable bonds is 6. The summed E-state index contributed by atoms with van der Waals surface area (Å²) in [7, 11) is 0. The molecule has 0 N–H and O–H groups in total. The first-order valence-corrected chi connectivity index (χ1v) is 17.7. The lowest BCUT2D eigenvalue weighted by Crippen LogP contribution is -1.94. The maximum atomic E-state index is 5.15. The van der Waals surface area contributed by atoms with Gasteiger partial charge in [-0.15, -0.1) is 23.5 Å². The molecular formula is C28H22N4S6. The van der Waals surface area contributed by atoms with Gasteiger partial charge in [0.1, 0.15) is 0 Å². The summed E-state index contributed by atoms with van der Waals surface area (Å²) in [6.07, 6.45) is 6.03. The predicted molar refractivity (Wildman–Crippen MR) is 174 cm³/mol. The van der Waals surface area contributed by atoms with E-state index in [2.05, 4.69) is 48.1 Å². The first-order valence-electron chi connectivity index (χ1n) is 12.5. The molecule has 0 saturated heterocycles. The van der Waals surface area contributed by atoms with E-state index in [0.717, 1.165) is 43.9 Å². The van der Waals surface area contributed by atoms with Gasteiger partial charge in [0.2, 0.25) is 0 Å². The molecule has 0 unspecified atom stereocenters. The van der Waals surface area contributed by atoms with Gasteiger partial charge in [-0.3, -0.25) is 9.97 Å². The minimum Gasteiger partial charge on any atom is -0.254 e. The van der Waals surface area contributed by atoms with Gasteiger partial charge in [0.15, 0.2) is 0 Å². The van der Waals surface area contributed by atoms with Crippen molar-refractivity contribution < 1.29 is 0 Å². The van der Waals surface area contributed by atoms with Gasteiger partial charge in [0.05, 0.1) is 50.0 Å². The van der Waals surface area contributed by atoms with Crippen LogP contribution in [0.1, 0.15) is 26.7 Å². The van der Waals surface area contributed by atoms with E-state index in [1.54, 1.807) is 0 Å². The van der Waals surface area contributed by atoms with Gasteiger partial charge < -0.3 is 0 Å². The largest absolute Gasteiger partial charge is 0.254 e. The molecule has 190 valence electrons. The second-order valence-electron chi connectivity index (χ2n) is 8.76. The molecule has 5 aromatic rings. The van der Waals surface area contributed by atoms with Crippen LogP contribution in [0.25, 0.3) is 43.9 Å². The van der Waals surface area contributed by atoms with Crippen LogP contribution in [0.4, 0.5) is 0 Å². The summed E-state index contributed by atoms with van der Waals surface area (Å²) in [5, 5.41) is 1.99. The lowest BCUT2D eigenvalue weighted by molar-refractivity contribution is 1.11. The average molecular weight is 607 g/mol. The normalized spacial score (nSPS) is 15.6. The maximum absolute atomic E-state index is 5.15. The standard InChI is InChI=1S/C28H22N4S6/c1-3-11-33-25-26(34-12-4-2)38-28(37-25)27-35-19-13-17-18(14-20(19)36-27)32-24-16-8-6-10-30-22(16)21-15(23(24)31-17)7-5-9-29-21/h5-10,13-14H,3-4,11-12H2,1-2H3. The van der Waals surface area contributed by atoms with Crippen LogP contribution in [0.15, 0.2) is 75.5 Å². The Morgan fingerprint density at radius 2 is 1.11 bits per heavy atom. The van der Waals surface area contributed by atoms with Crippen molar-refractivity contribution in [2.75, 3.05) is 11.5 Å². The first-order chi connectivity index (χ1) is 18.7. The fourth-order valence-corrected chi connectivity index (χ4v) is 12.9. The van der Waals surface area contributed by atoms with Gasteiger partial charge in [0.25, 0.3) is 0 Å². The molecule has 2 aromatic carbocycles. The van der Waals surface area contributed by atoms with E-state index < -0.39 is 0 Å². The fraction of sp³-hybridized carbons (Fsp3) is 0.214. The van der Waals surface area contributed by atoms with Gasteiger partial charge in [-0.2, -0.15) is 0 Å². The van der Waals surface area contributed by atoms with E-state index in [1.807, 2.05) is 95.1 Å². The number of nitrogens with zero attached hydrogens (tertiary/aromatic N) is 4. The topological polar surface area (TPSA) is 51.6 Å². The Morgan fingerprint density at radius 1 is 0.632 bits per heavy atom. The molecule has 7 rings (SSSR count). The SMILES string of the molecule is CCCSC1=C(SCCC)SC(=C2Sc3cc4nc5c6cccnc6c6ncccc6c5nc4cc3S2)S1. The fourth-order valence-electron chi connectivity index (χ4n) is 4.40. The van der Waals surface area contributed by atoms with Crippen LogP contribution in [0, 0.1) is 0 Å². The monoisotopic (exact) mass is 606 g/mol. The van der Waals surface area contributed by atoms with Crippen molar-refractivity contribution in [2.45, 2.75) is 36.5 Å². The molecule has 0 saturated carbocycles. The Labute approximate surface area is 246 Å². The second kappa shape index (κ2) is 10.8. The third-order valence-electron chi connectivity index (χ3n) is 6.06. The Bertz CT molecular complexity index is 1690. The molecule has 0 fully saturated rings. The minimum atomic E-state index is 0.874. The lowest BCUT2D eigenvalue weighted by atomic mass is 10.1. The molecule has 10 heteroatoms. The molecular weight excluding hydrogens is 585 g/mol. The van der Waals surface area contributed by atoms with Gasteiger partial charge >= 0.3 is 0 Å². The molecule has 38 heavy (non-hydrogen) atoms. The molecule has 0 radical (unpaired) electrons. The number of hydrogen-bond donors (Lipinski definition) is 0. The van der Waals surface area contributed by atoms with Crippen LogP contribution in [-0.4, -0.2) is 31.4 Å². The van der Waals surface area contributed by atoms with Crippen molar-refractivity contribution in [1.82, 2.24) is 19.9 Å². The van der Waals surface area contributed by atoms with E-state index >= 15 is 0 Å². The number of fused-ring (bicyclic) bond motifs is 8. The summed E-state index contributed by atoms with van der Waals surface area (Å²) in [4.78, 5) is 22.1. The molecule has 0 bridgehead atoms. The summed E-state index contributed by atoms with van der Waals surface area (Å²) < 4.78 is 5.75. The van der Waals surface area contributed by atoms with E-state index in [-0.39, 0.29) is 0 Å². The smallest absolute Gasteiger partial charge is 0.0996 e. The van der Waals surface area contributed by atoms with Crippen molar-refractivity contribution in [2.24, 2.45) is 0 Å². The third kappa shape index (κ3) is 4.51. The maximum Gasteiger partial charge on any atom is 0.0996 e. The summed E-state index contributed by atoms with van der Waals surface area (Å²) >= 11 is 11.7. The van der Waals surface area contributed by atoms with Crippen LogP contribution in [0.3, 0.4) is 0 Å². The number of hydrogen-bond acceptors (Lipinski definition) is 10. The summed E-state index contributed by atoms with van der Waals surface area (Å²) in [6.45, 7) is 4.51. The number of thioether (sulfide) groups is 6. The van der Waals surface area contributed by atoms with Crippen LogP contribution in [-0.2, 0) is 0 Å². The predicted octanol–water partition coefficient (Wildman–Crippen LogP) is 10.1. The summed E-state index contributed by atoms with van der Waals surface area (Å²) in [5.74, 6) is 2.35. The Balaban J connectivity index is 1.30. The summed E-state index contributed by atoms with van der Waals surface area (Å²) in [6, 6.07) is 12.5. The van der Waals surface area contributed by atoms with Gasteiger partial charge in [-0.25, -0.2) is 9.97 Å². The van der Waals surface area contributed by atoms with E-state index in [9.17, 15) is 0 Å². The average Bonchev–Trinajstić information content (AvgIpc) is 3.56. The Morgan fingerprint density at radius 3 is 1.58 bits per heavy atom. The highest BCUT2D eigenvalue weighted by Crippen LogP contribution is 2.64. The highest BCUT2D eigenvalue weighted by Gasteiger charge is 2.29. The quantitative estimate of drug-likeness (QED) is 0.138. The lowest BCUT2D eigenvalue weighted by Gasteiger charge is -2.09. The van der Waals surface area contributed by atoms with Gasteiger partial charge in [-0.1, -0.05) is 60.9 Å². The van der Waals surface area contributed by atoms with E-state index in [1.165, 1.54) is 51.1 Å².